The summed E-state index contributed by atoms with van der Waals surface area (Å²) in [6.07, 6.45) is 1.31. The van der Waals surface area contributed by atoms with E-state index in [1.807, 2.05) is 21.6 Å². The average molecular weight is 192 g/mol. The fourth-order valence-electron chi connectivity index (χ4n) is 1.08. The fraction of sp³-hybridized carbons (Fsp3) is 1.00. The molecule has 0 radical (unpaired) electrons. The first-order valence-corrected chi connectivity index (χ1v) is 6.62. The summed E-state index contributed by atoms with van der Waals surface area (Å²) < 4.78 is 0. The number of rotatable bonds is 4. The number of hydrogen-bond donors (Lipinski definition) is 0. The van der Waals surface area contributed by atoms with Gasteiger partial charge in [-0.25, -0.2) is 0 Å². The van der Waals surface area contributed by atoms with Crippen LogP contribution in [0.5, 0.6) is 0 Å². The van der Waals surface area contributed by atoms with Crippen LogP contribution in [0.25, 0.3) is 0 Å². The lowest BCUT2D eigenvalue weighted by atomic mass is 9.91. The van der Waals surface area contributed by atoms with Gasteiger partial charge in [-0.15, -0.1) is 0 Å². The van der Waals surface area contributed by atoms with Gasteiger partial charge in [-0.3, -0.25) is 0 Å². The molecule has 1 unspecified atom stereocenters. The molecule has 0 saturated carbocycles. The molecule has 2 heteroatoms. The van der Waals surface area contributed by atoms with E-state index < -0.39 is 0 Å². The van der Waals surface area contributed by atoms with E-state index in [-0.39, 0.29) is 0 Å². The molecule has 68 valence electrons. The Hall–Kier alpha value is 0.700. The van der Waals surface area contributed by atoms with Gasteiger partial charge >= 0.3 is 0 Å². The van der Waals surface area contributed by atoms with E-state index in [0.717, 1.165) is 5.25 Å². The van der Waals surface area contributed by atoms with Crippen molar-refractivity contribution in [2.75, 3.05) is 5.75 Å². The second-order valence-corrected chi connectivity index (χ2v) is 7.17. The molecule has 0 aliphatic heterocycles. The van der Waals surface area contributed by atoms with Crippen molar-refractivity contribution in [3.63, 3.8) is 0 Å². The first-order chi connectivity index (χ1) is 4.95. The predicted molar refractivity (Wildman–Crippen MR) is 59.3 cm³/mol. The Kier molecular flexibility index (Phi) is 5.71. The Balaban J connectivity index is 3.44. The largest absolute Gasteiger partial charge is 0.0942 e. The minimum absolute atomic E-state index is 0.487. The van der Waals surface area contributed by atoms with Gasteiger partial charge in [0.05, 0.1) is 0 Å². The molecule has 0 aromatic heterocycles. The summed E-state index contributed by atoms with van der Waals surface area (Å²) in [5, 5.41) is 0.792. The highest BCUT2D eigenvalue weighted by atomic mass is 33.1. The van der Waals surface area contributed by atoms with Crippen LogP contribution >= 0.6 is 21.6 Å². The van der Waals surface area contributed by atoms with Crippen LogP contribution in [-0.2, 0) is 0 Å². The Labute approximate surface area is 79.3 Å². The summed E-state index contributed by atoms with van der Waals surface area (Å²) in [6.45, 7) is 11.4. The highest BCUT2D eigenvalue weighted by Gasteiger charge is 2.15. The second kappa shape index (κ2) is 5.36. The van der Waals surface area contributed by atoms with Crippen LogP contribution in [-0.4, -0.2) is 11.0 Å². The zero-order valence-electron chi connectivity index (χ0n) is 8.31. The van der Waals surface area contributed by atoms with E-state index in [4.69, 9.17) is 0 Å². The molecule has 0 bridgehead atoms. The zero-order valence-corrected chi connectivity index (χ0v) is 9.94. The summed E-state index contributed by atoms with van der Waals surface area (Å²) in [6, 6.07) is 0. The van der Waals surface area contributed by atoms with Crippen molar-refractivity contribution in [3.05, 3.63) is 0 Å². The van der Waals surface area contributed by atoms with Crippen LogP contribution in [0, 0.1) is 5.41 Å². The first-order valence-electron chi connectivity index (χ1n) is 4.24. The molecule has 0 aromatic carbocycles. The van der Waals surface area contributed by atoms with Crippen molar-refractivity contribution >= 4 is 21.6 Å². The minimum atomic E-state index is 0.487. The lowest BCUT2D eigenvalue weighted by Gasteiger charge is -2.22. The standard InChI is InChI=1S/C9H20S2/c1-6-10-11-8(2)7-9(3,4)5/h8H,6-7H2,1-5H3. The Morgan fingerprint density at radius 3 is 2.18 bits per heavy atom. The van der Waals surface area contributed by atoms with Crippen LogP contribution in [0.3, 0.4) is 0 Å². The molecule has 0 nitrogen and oxygen atoms in total. The molecule has 0 N–H and O–H groups in total. The average Bonchev–Trinajstić information content (AvgIpc) is 1.79. The van der Waals surface area contributed by atoms with E-state index >= 15 is 0 Å². The molecule has 0 saturated heterocycles. The fourth-order valence-corrected chi connectivity index (χ4v) is 3.33. The molecule has 0 fully saturated rings. The predicted octanol–water partition coefficient (Wildman–Crippen LogP) is 4.21. The molecule has 0 aromatic rings. The SMILES string of the molecule is CCSSC(C)CC(C)(C)C. The van der Waals surface area contributed by atoms with Crippen molar-refractivity contribution in [3.8, 4) is 0 Å². The molecule has 0 heterocycles. The van der Waals surface area contributed by atoms with Crippen LogP contribution in [0.1, 0.15) is 41.0 Å². The second-order valence-electron chi connectivity index (χ2n) is 4.08. The van der Waals surface area contributed by atoms with E-state index in [2.05, 4.69) is 34.6 Å². The molecule has 0 aliphatic rings. The lowest BCUT2D eigenvalue weighted by Crippen LogP contribution is -2.11. The maximum absolute atomic E-state index is 2.32. The highest BCUT2D eigenvalue weighted by molar-refractivity contribution is 8.76. The Morgan fingerprint density at radius 2 is 1.82 bits per heavy atom. The van der Waals surface area contributed by atoms with Crippen molar-refractivity contribution in [2.24, 2.45) is 5.41 Å². The van der Waals surface area contributed by atoms with Gasteiger partial charge in [0.15, 0.2) is 0 Å². The van der Waals surface area contributed by atoms with E-state index in [1.165, 1.54) is 12.2 Å². The van der Waals surface area contributed by atoms with Gasteiger partial charge in [-0.05, 0) is 11.8 Å². The maximum atomic E-state index is 2.32. The van der Waals surface area contributed by atoms with Gasteiger partial charge < -0.3 is 0 Å². The lowest BCUT2D eigenvalue weighted by molar-refractivity contribution is 0.379. The maximum Gasteiger partial charge on any atom is 0.0128 e. The molecular weight excluding hydrogens is 172 g/mol. The van der Waals surface area contributed by atoms with Crippen molar-refractivity contribution in [1.29, 1.82) is 0 Å². The summed E-state index contributed by atoms with van der Waals surface area (Å²) in [7, 11) is 3.99. The van der Waals surface area contributed by atoms with Crippen LogP contribution in [0.2, 0.25) is 0 Å². The van der Waals surface area contributed by atoms with Crippen LogP contribution in [0.4, 0.5) is 0 Å². The Bertz CT molecular complexity index is 94.2. The van der Waals surface area contributed by atoms with Gasteiger partial charge in [0.1, 0.15) is 0 Å². The van der Waals surface area contributed by atoms with Gasteiger partial charge in [-0.2, -0.15) is 0 Å². The van der Waals surface area contributed by atoms with Crippen LogP contribution < -0.4 is 0 Å². The van der Waals surface area contributed by atoms with Crippen molar-refractivity contribution < 1.29 is 0 Å². The molecule has 0 aliphatic carbocycles. The summed E-state index contributed by atoms with van der Waals surface area (Å²) in [5.74, 6) is 1.22. The molecule has 1 atom stereocenters. The van der Waals surface area contributed by atoms with Gasteiger partial charge in [0.2, 0.25) is 0 Å². The first kappa shape index (κ1) is 11.7. The van der Waals surface area contributed by atoms with E-state index in [9.17, 15) is 0 Å². The summed E-state index contributed by atoms with van der Waals surface area (Å²) >= 11 is 0. The Morgan fingerprint density at radius 1 is 1.27 bits per heavy atom. The third-order valence-corrected chi connectivity index (χ3v) is 4.22. The molecule has 0 spiro atoms. The molecule has 0 amide bonds. The van der Waals surface area contributed by atoms with E-state index in [1.54, 1.807) is 0 Å². The van der Waals surface area contributed by atoms with E-state index in [0.29, 0.717) is 5.41 Å². The normalized spacial score (nSPS) is 15.0. The van der Waals surface area contributed by atoms with Crippen molar-refractivity contribution in [1.82, 2.24) is 0 Å². The monoisotopic (exact) mass is 192 g/mol. The summed E-state index contributed by atoms with van der Waals surface area (Å²) in [5.41, 5.74) is 0.487. The van der Waals surface area contributed by atoms with Gasteiger partial charge in [0.25, 0.3) is 0 Å². The van der Waals surface area contributed by atoms with Gasteiger partial charge in [-0.1, -0.05) is 56.2 Å². The number of hydrogen-bond acceptors (Lipinski definition) is 2. The third kappa shape index (κ3) is 8.61. The quantitative estimate of drug-likeness (QED) is 0.612. The molecular formula is C9H20S2. The highest BCUT2D eigenvalue weighted by Crippen LogP contribution is 2.33. The smallest absolute Gasteiger partial charge is 0.0128 e. The third-order valence-electron chi connectivity index (χ3n) is 1.25. The minimum Gasteiger partial charge on any atom is -0.0942 e. The van der Waals surface area contributed by atoms with Crippen molar-refractivity contribution in [2.45, 2.75) is 46.3 Å². The molecule has 11 heavy (non-hydrogen) atoms. The molecule has 0 rings (SSSR count). The van der Waals surface area contributed by atoms with Gasteiger partial charge in [0, 0.05) is 11.0 Å². The summed E-state index contributed by atoms with van der Waals surface area (Å²) in [4.78, 5) is 0. The zero-order chi connectivity index (χ0) is 8.91. The van der Waals surface area contributed by atoms with Crippen LogP contribution in [0.15, 0.2) is 0 Å². The topological polar surface area (TPSA) is 0 Å².